The Balaban J connectivity index is 1.46. The van der Waals surface area contributed by atoms with E-state index in [4.69, 9.17) is 23.4 Å². The lowest BCUT2D eigenvalue weighted by Gasteiger charge is -2.40. The molecule has 2 aliphatic rings. The summed E-state index contributed by atoms with van der Waals surface area (Å²) in [7, 11) is 1.27. The van der Waals surface area contributed by atoms with Crippen LogP contribution in [0.25, 0.3) is 22.3 Å². The fourth-order valence-corrected chi connectivity index (χ4v) is 5.16. The van der Waals surface area contributed by atoms with E-state index in [1.165, 1.54) is 32.2 Å². The van der Waals surface area contributed by atoms with E-state index in [-0.39, 0.29) is 33.8 Å². The summed E-state index contributed by atoms with van der Waals surface area (Å²) in [5.74, 6) is -0.321. The second-order valence-electron chi connectivity index (χ2n) is 10.3. The molecule has 3 aromatic rings. The van der Waals surface area contributed by atoms with Crippen LogP contribution in [0.5, 0.6) is 17.2 Å². The number of rotatable bonds is 6. The van der Waals surface area contributed by atoms with Crippen molar-refractivity contribution in [3.05, 3.63) is 52.2 Å². The first kappa shape index (κ1) is 30.2. The van der Waals surface area contributed by atoms with Gasteiger partial charge in [-0.05, 0) is 31.2 Å². The molecule has 0 aliphatic carbocycles. The van der Waals surface area contributed by atoms with Crippen molar-refractivity contribution in [1.82, 2.24) is 0 Å². The van der Waals surface area contributed by atoms with Crippen LogP contribution in [0, 0.1) is 0 Å². The van der Waals surface area contributed by atoms with Gasteiger partial charge in [0.25, 0.3) is 0 Å². The monoisotopic (exact) mass is 592 g/mol. The first-order chi connectivity index (χ1) is 20.0. The van der Waals surface area contributed by atoms with Crippen molar-refractivity contribution in [1.29, 1.82) is 0 Å². The van der Waals surface area contributed by atoms with Crippen LogP contribution in [0.3, 0.4) is 0 Å². The maximum absolute atomic E-state index is 13.2. The van der Waals surface area contributed by atoms with Crippen molar-refractivity contribution >= 4 is 11.0 Å². The quantitative estimate of drug-likeness (QED) is 0.170. The average molecular weight is 593 g/mol. The number of aliphatic hydroxyl groups is 7. The van der Waals surface area contributed by atoms with Gasteiger partial charge in [-0.3, -0.25) is 4.79 Å². The van der Waals surface area contributed by atoms with Crippen LogP contribution < -0.4 is 14.9 Å². The summed E-state index contributed by atoms with van der Waals surface area (Å²) in [6.07, 6.45) is -14.1. The molecule has 0 bridgehead atoms. The van der Waals surface area contributed by atoms with E-state index in [1.807, 2.05) is 0 Å². The Bertz CT molecular complexity index is 1470. The molecule has 2 saturated heterocycles. The minimum atomic E-state index is -1.73. The fraction of sp³-hybridized carbons (Fsp3) is 0.464. The van der Waals surface area contributed by atoms with E-state index in [0.717, 1.165) is 6.07 Å². The molecule has 14 nitrogen and oxygen atoms in total. The van der Waals surface area contributed by atoms with Gasteiger partial charge in [-0.2, -0.15) is 0 Å². The van der Waals surface area contributed by atoms with Gasteiger partial charge < -0.3 is 64.2 Å². The third-order valence-electron chi connectivity index (χ3n) is 7.59. The second-order valence-corrected chi connectivity index (χ2v) is 10.3. The molecule has 5 rings (SSSR count). The molecule has 2 fully saturated rings. The van der Waals surface area contributed by atoms with Gasteiger partial charge in [0, 0.05) is 17.7 Å². The second kappa shape index (κ2) is 11.8. The van der Waals surface area contributed by atoms with Gasteiger partial charge >= 0.3 is 0 Å². The maximum Gasteiger partial charge on any atom is 0.229 e. The number of benzene rings is 2. The van der Waals surface area contributed by atoms with Crippen LogP contribution in [-0.2, 0) is 9.47 Å². The standard InChI is InChI=1S/C28H32O14/c1-10-20(31)23(34)26(37)28(39-10)40-12-5-3-11(4-6-12)14-7-13(30)18-16(41-14)8-15(38-2)19(22(18)33)27-25(36)24(35)21(32)17(9-29)42-27/h3-8,10,17,20-21,23-29,31-37H,9H2,1-2H3. The Morgan fingerprint density at radius 1 is 0.857 bits per heavy atom. The normalized spacial score (nSPS) is 33.5. The van der Waals surface area contributed by atoms with Crippen molar-refractivity contribution < 1.29 is 64.2 Å². The predicted octanol–water partition coefficient (Wildman–Crippen LogP) is -1.10. The minimum Gasteiger partial charge on any atom is -0.506 e. The highest BCUT2D eigenvalue weighted by Crippen LogP contribution is 2.45. The van der Waals surface area contributed by atoms with Crippen LogP contribution in [0.4, 0.5) is 0 Å². The Morgan fingerprint density at radius 3 is 2.17 bits per heavy atom. The predicted molar refractivity (Wildman–Crippen MR) is 142 cm³/mol. The van der Waals surface area contributed by atoms with Gasteiger partial charge in [0.15, 0.2) is 5.43 Å². The molecule has 3 heterocycles. The van der Waals surface area contributed by atoms with Crippen molar-refractivity contribution in [3.63, 3.8) is 0 Å². The molecule has 2 aliphatic heterocycles. The highest BCUT2D eigenvalue weighted by atomic mass is 16.7. The summed E-state index contributed by atoms with van der Waals surface area (Å²) in [4.78, 5) is 13.2. The van der Waals surface area contributed by atoms with Crippen LogP contribution >= 0.6 is 0 Å². The molecule has 0 spiro atoms. The Kier molecular flexibility index (Phi) is 8.44. The molecular weight excluding hydrogens is 560 g/mol. The Hall–Kier alpha value is -3.31. The van der Waals surface area contributed by atoms with Crippen molar-refractivity contribution in [2.75, 3.05) is 13.7 Å². The molecule has 14 heteroatoms. The van der Waals surface area contributed by atoms with Crippen LogP contribution in [-0.4, -0.2) is 110 Å². The van der Waals surface area contributed by atoms with Crippen LogP contribution in [0.15, 0.2) is 45.6 Å². The van der Waals surface area contributed by atoms with Gasteiger partial charge in [0.05, 0.1) is 25.4 Å². The highest BCUT2D eigenvalue weighted by Gasteiger charge is 2.46. The number of ether oxygens (including phenoxy) is 4. The van der Waals surface area contributed by atoms with Gasteiger partial charge in [-0.25, -0.2) is 0 Å². The first-order valence-electron chi connectivity index (χ1n) is 13.1. The zero-order chi connectivity index (χ0) is 30.5. The number of methoxy groups -OCH3 is 1. The molecule has 42 heavy (non-hydrogen) atoms. The molecular formula is C28H32O14. The van der Waals surface area contributed by atoms with Gasteiger partial charge in [0.1, 0.15) is 82.8 Å². The molecule has 0 amide bonds. The lowest BCUT2D eigenvalue weighted by Crippen LogP contribution is -2.58. The molecule has 228 valence electrons. The molecule has 2 aromatic carbocycles. The SMILES string of the molecule is COc1cc2oc(-c3ccc(OC4OC(C)C(O)C(O)C4O)cc3)cc(=O)c2c(O)c1C1OC(CO)C(O)C(O)C1O. The number of hydrogen-bond acceptors (Lipinski definition) is 14. The smallest absolute Gasteiger partial charge is 0.229 e. The lowest BCUT2D eigenvalue weighted by molar-refractivity contribution is -0.268. The van der Waals surface area contributed by atoms with E-state index in [1.54, 1.807) is 12.1 Å². The summed E-state index contributed by atoms with van der Waals surface area (Å²) in [6, 6.07) is 8.58. The highest BCUT2D eigenvalue weighted by molar-refractivity contribution is 5.88. The number of aromatic hydroxyl groups is 1. The lowest BCUT2D eigenvalue weighted by atomic mass is 9.89. The number of aliphatic hydroxyl groups excluding tert-OH is 7. The molecule has 10 atom stereocenters. The van der Waals surface area contributed by atoms with Crippen molar-refractivity contribution in [3.8, 4) is 28.6 Å². The third kappa shape index (κ3) is 5.21. The molecule has 0 saturated carbocycles. The summed E-state index contributed by atoms with van der Waals surface area (Å²) in [5, 5.41) is 81.4. The van der Waals surface area contributed by atoms with Crippen molar-refractivity contribution in [2.24, 2.45) is 0 Å². The summed E-state index contributed by atoms with van der Waals surface area (Å²) < 4.78 is 27.9. The Morgan fingerprint density at radius 2 is 1.52 bits per heavy atom. The number of phenolic OH excluding ortho intramolecular Hbond substituents is 1. The third-order valence-corrected chi connectivity index (χ3v) is 7.59. The van der Waals surface area contributed by atoms with E-state index >= 15 is 0 Å². The molecule has 10 unspecified atom stereocenters. The zero-order valence-electron chi connectivity index (χ0n) is 22.5. The van der Waals surface area contributed by atoms with E-state index in [0.29, 0.717) is 5.56 Å². The molecule has 0 radical (unpaired) electrons. The number of fused-ring (bicyclic) bond motifs is 1. The number of phenols is 1. The summed E-state index contributed by atoms with van der Waals surface area (Å²) in [6.45, 7) is 0.840. The molecule has 8 N–H and O–H groups in total. The van der Waals surface area contributed by atoms with E-state index in [9.17, 15) is 45.6 Å². The van der Waals surface area contributed by atoms with Crippen LogP contribution in [0.2, 0.25) is 0 Å². The molecule has 1 aromatic heterocycles. The zero-order valence-corrected chi connectivity index (χ0v) is 22.5. The average Bonchev–Trinajstić information content (AvgIpc) is 2.98. The first-order valence-corrected chi connectivity index (χ1v) is 13.1. The minimum absolute atomic E-state index is 0.0547. The van der Waals surface area contributed by atoms with Gasteiger partial charge in [0.2, 0.25) is 6.29 Å². The van der Waals surface area contributed by atoms with Gasteiger partial charge in [-0.15, -0.1) is 0 Å². The van der Waals surface area contributed by atoms with E-state index < -0.39 is 79.0 Å². The van der Waals surface area contributed by atoms with Crippen LogP contribution in [0.1, 0.15) is 18.6 Å². The maximum atomic E-state index is 13.2. The largest absolute Gasteiger partial charge is 0.506 e. The van der Waals surface area contributed by atoms with Crippen molar-refractivity contribution in [2.45, 2.75) is 68.1 Å². The number of hydrogen-bond donors (Lipinski definition) is 8. The fourth-order valence-electron chi connectivity index (χ4n) is 5.16. The Labute approximate surface area is 238 Å². The van der Waals surface area contributed by atoms with Gasteiger partial charge in [-0.1, -0.05) is 0 Å². The van der Waals surface area contributed by atoms with E-state index in [2.05, 4.69) is 0 Å². The summed E-state index contributed by atoms with van der Waals surface area (Å²) in [5.41, 5.74) is -0.465. The topological polar surface area (TPSA) is 229 Å². The summed E-state index contributed by atoms with van der Waals surface area (Å²) >= 11 is 0.